The number of rotatable bonds is 7. The maximum Gasteiger partial charge on any atom is 0.290 e. The quantitative estimate of drug-likeness (QED) is 0.443. The number of nitrogens with one attached hydrogen (secondary N) is 3. The van der Waals surface area contributed by atoms with Crippen LogP contribution in [0.1, 0.15) is 37.1 Å². The summed E-state index contributed by atoms with van der Waals surface area (Å²) in [4.78, 5) is 40.8. The summed E-state index contributed by atoms with van der Waals surface area (Å²) in [5.74, 6) is 0.768. The second kappa shape index (κ2) is 9.63. The lowest BCUT2D eigenvalue weighted by Crippen LogP contribution is -2.38. The van der Waals surface area contributed by atoms with E-state index in [2.05, 4.69) is 41.0 Å². The fourth-order valence-corrected chi connectivity index (χ4v) is 4.66. The Hall–Kier alpha value is -3.38. The van der Waals surface area contributed by atoms with Gasteiger partial charge in [0.15, 0.2) is 0 Å². The molecule has 4 heterocycles. The number of imide groups is 1. The molecule has 1 saturated carbocycles. The molecule has 1 aliphatic heterocycles. The van der Waals surface area contributed by atoms with Gasteiger partial charge in [0.25, 0.3) is 16.9 Å². The van der Waals surface area contributed by atoms with Gasteiger partial charge in [0.2, 0.25) is 5.95 Å². The van der Waals surface area contributed by atoms with Crippen LogP contribution in [0, 0.1) is 0 Å². The van der Waals surface area contributed by atoms with Crippen LogP contribution in [-0.2, 0) is 11.2 Å². The number of hydrogen-bond donors (Lipinski definition) is 3. The van der Waals surface area contributed by atoms with E-state index in [-0.39, 0.29) is 11.1 Å². The Labute approximate surface area is 193 Å². The van der Waals surface area contributed by atoms with Crippen LogP contribution in [0.3, 0.4) is 0 Å². The van der Waals surface area contributed by atoms with Gasteiger partial charge in [0.05, 0.1) is 10.6 Å². The Morgan fingerprint density at radius 1 is 1.12 bits per heavy atom. The highest BCUT2D eigenvalue weighted by molar-refractivity contribution is 8.18. The average molecular weight is 466 g/mol. The standard InChI is InChI=1S/C21H23N9O2S/c31-18-17(33-21(32)29-18)11-16-6-9-23-19(27-16)26-14-3-1-13(2-4-14)22-8-5-15-7-10-30-20(28-15)24-12-25-30/h6-7,9-14,22H,1-5,8H2,(H,23,26,27)(H,29,31,32). The minimum absolute atomic E-state index is 0.300. The number of hydrogen-bond acceptors (Lipinski definition) is 10. The Morgan fingerprint density at radius 2 is 1.97 bits per heavy atom. The van der Waals surface area contributed by atoms with Crippen LogP contribution >= 0.6 is 11.8 Å². The smallest absolute Gasteiger partial charge is 0.290 e. The Morgan fingerprint density at radius 3 is 2.79 bits per heavy atom. The van der Waals surface area contributed by atoms with Gasteiger partial charge in [-0.2, -0.15) is 10.1 Å². The summed E-state index contributed by atoms with van der Waals surface area (Å²) >= 11 is 0.879. The third-order valence-corrected chi connectivity index (χ3v) is 6.49. The van der Waals surface area contributed by atoms with Crippen molar-refractivity contribution in [2.24, 2.45) is 0 Å². The van der Waals surface area contributed by atoms with Crippen LogP contribution in [0.4, 0.5) is 10.7 Å². The van der Waals surface area contributed by atoms with Gasteiger partial charge >= 0.3 is 0 Å². The Balaban J connectivity index is 1.08. The molecule has 0 spiro atoms. The van der Waals surface area contributed by atoms with Crippen LogP contribution in [0.15, 0.2) is 35.8 Å². The molecule has 12 heteroatoms. The molecule has 0 atom stereocenters. The van der Waals surface area contributed by atoms with Crippen molar-refractivity contribution in [2.45, 2.75) is 44.2 Å². The number of aromatic nitrogens is 6. The van der Waals surface area contributed by atoms with Gasteiger partial charge in [-0.05, 0) is 55.7 Å². The number of thioether (sulfide) groups is 1. The first-order chi connectivity index (χ1) is 16.1. The van der Waals surface area contributed by atoms with Crippen molar-refractivity contribution >= 4 is 40.7 Å². The molecule has 0 bridgehead atoms. The zero-order chi connectivity index (χ0) is 22.6. The molecule has 2 fully saturated rings. The SMILES string of the molecule is O=C1NC(=O)C(=Cc2ccnc(NC3CCC(NCCc4ccn5ncnc5n4)CC3)n2)S1. The first kappa shape index (κ1) is 21.5. The van der Waals surface area contributed by atoms with Gasteiger partial charge in [-0.15, -0.1) is 0 Å². The molecule has 33 heavy (non-hydrogen) atoms. The summed E-state index contributed by atoms with van der Waals surface area (Å²) in [5.41, 5.74) is 1.59. The molecule has 3 N–H and O–H groups in total. The molecule has 3 aromatic rings. The van der Waals surface area contributed by atoms with E-state index in [4.69, 9.17) is 0 Å². The van der Waals surface area contributed by atoms with E-state index >= 15 is 0 Å². The van der Waals surface area contributed by atoms with Gasteiger partial charge in [0.1, 0.15) is 6.33 Å². The van der Waals surface area contributed by atoms with Gasteiger partial charge in [-0.3, -0.25) is 14.9 Å². The van der Waals surface area contributed by atoms with Crippen molar-refractivity contribution in [1.82, 2.24) is 40.2 Å². The molecular formula is C21H23N9O2S. The van der Waals surface area contributed by atoms with E-state index in [9.17, 15) is 9.59 Å². The molecule has 2 aliphatic rings. The van der Waals surface area contributed by atoms with Gasteiger partial charge in [-0.1, -0.05) is 0 Å². The van der Waals surface area contributed by atoms with Crippen LogP contribution in [0.2, 0.25) is 0 Å². The minimum atomic E-state index is -0.390. The number of carbonyl (C=O) groups is 2. The molecule has 3 aromatic heterocycles. The number of amides is 2. The fourth-order valence-electron chi connectivity index (χ4n) is 4.00. The fraction of sp³-hybridized carbons (Fsp3) is 0.381. The first-order valence-corrected chi connectivity index (χ1v) is 11.7. The average Bonchev–Trinajstić information content (AvgIpc) is 3.40. The molecule has 2 amide bonds. The number of carbonyl (C=O) groups excluding carboxylic acids is 2. The Kier molecular flexibility index (Phi) is 6.26. The van der Waals surface area contributed by atoms with Crippen molar-refractivity contribution < 1.29 is 9.59 Å². The number of fused-ring (bicyclic) bond motifs is 1. The van der Waals surface area contributed by atoms with Crippen LogP contribution in [-0.4, -0.2) is 59.3 Å². The van der Waals surface area contributed by atoms with E-state index in [0.29, 0.717) is 34.4 Å². The summed E-state index contributed by atoms with van der Waals surface area (Å²) < 4.78 is 1.66. The van der Waals surface area contributed by atoms with Crippen molar-refractivity contribution in [3.05, 3.63) is 47.1 Å². The topological polar surface area (TPSA) is 139 Å². The lowest BCUT2D eigenvalue weighted by Gasteiger charge is -2.29. The molecule has 0 radical (unpaired) electrons. The highest BCUT2D eigenvalue weighted by atomic mass is 32.2. The summed E-state index contributed by atoms with van der Waals surface area (Å²) in [6.07, 6.45) is 11.7. The number of anilines is 1. The van der Waals surface area contributed by atoms with E-state index < -0.39 is 0 Å². The van der Waals surface area contributed by atoms with Crippen molar-refractivity contribution in [2.75, 3.05) is 11.9 Å². The van der Waals surface area contributed by atoms with Crippen LogP contribution in [0.25, 0.3) is 11.9 Å². The predicted octanol–water partition coefficient (Wildman–Crippen LogP) is 1.79. The lowest BCUT2D eigenvalue weighted by atomic mass is 9.91. The molecular weight excluding hydrogens is 442 g/mol. The first-order valence-electron chi connectivity index (χ1n) is 10.9. The van der Waals surface area contributed by atoms with E-state index in [0.717, 1.165) is 56.1 Å². The monoisotopic (exact) mass is 465 g/mol. The van der Waals surface area contributed by atoms with Gasteiger partial charge < -0.3 is 10.6 Å². The Bertz CT molecular complexity index is 1200. The lowest BCUT2D eigenvalue weighted by molar-refractivity contribution is -0.115. The second-order valence-electron chi connectivity index (χ2n) is 7.98. The number of nitrogens with zero attached hydrogens (tertiary/aromatic N) is 6. The maximum atomic E-state index is 11.7. The largest absolute Gasteiger partial charge is 0.351 e. The predicted molar refractivity (Wildman–Crippen MR) is 123 cm³/mol. The minimum Gasteiger partial charge on any atom is -0.351 e. The molecule has 170 valence electrons. The maximum absolute atomic E-state index is 11.7. The van der Waals surface area contributed by atoms with Crippen molar-refractivity contribution in [3.63, 3.8) is 0 Å². The molecule has 1 aliphatic carbocycles. The molecule has 0 unspecified atom stereocenters. The van der Waals surface area contributed by atoms with E-state index in [1.165, 1.54) is 6.33 Å². The highest BCUT2D eigenvalue weighted by Gasteiger charge is 2.25. The molecule has 0 aromatic carbocycles. The highest BCUT2D eigenvalue weighted by Crippen LogP contribution is 2.25. The second-order valence-corrected chi connectivity index (χ2v) is 8.99. The summed E-state index contributed by atoms with van der Waals surface area (Å²) in [5, 5.41) is 13.0. The van der Waals surface area contributed by atoms with Crippen LogP contribution < -0.4 is 16.0 Å². The normalized spacial score (nSPS) is 22.1. The van der Waals surface area contributed by atoms with E-state index in [1.54, 1.807) is 22.9 Å². The third kappa shape index (κ3) is 5.34. The van der Waals surface area contributed by atoms with Crippen molar-refractivity contribution in [1.29, 1.82) is 0 Å². The zero-order valence-corrected chi connectivity index (χ0v) is 18.6. The van der Waals surface area contributed by atoms with Gasteiger partial charge in [0, 0.05) is 43.1 Å². The van der Waals surface area contributed by atoms with Crippen LogP contribution in [0.5, 0.6) is 0 Å². The summed E-state index contributed by atoms with van der Waals surface area (Å²) in [6, 6.07) is 4.47. The van der Waals surface area contributed by atoms with E-state index in [1.807, 2.05) is 12.3 Å². The molecule has 11 nitrogen and oxygen atoms in total. The van der Waals surface area contributed by atoms with Gasteiger partial charge in [-0.25, -0.2) is 19.5 Å². The third-order valence-electron chi connectivity index (χ3n) is 5.68. The molecule has 1 saturated heterocycles. The van der Waals surface area contributed by atoms with Crippen molar-refractivity contribution in [3.8, 4) is 0 Å². The summed E-state index contributed by atoms with van der Waals surface area (Å²) in [6.45, 7) is 0.869. The summed E-state index contributed by atoms with van der Waals surface area (Å²) in [7, 11) is 0. The molecule has 5 rings (SSSR count). The zero-order valence-electron chi connectivity index (χ0n) is 17.8.